The summed E-state index contributed by atoms with van der Waals surface area (Å²) in [5.74, 6) is -3.27. The van der Waals surface area contributed by atoms with Gasteiger partial charge in [-0.1, -0.05) is 0 Å². The molecule has 0 bridgehead atoms. The van der Waals surface area contributed by atoms with Crippen LogP contribution in [0.2, 0.25) is 0 Å². The lowest BCUT2D eigenvalue weighted by atomic mass is 10.1. The second kappa shape index (κ2) is 7.29. The van der Waals surface area contributed by atoms with Crippen molar-refractivity contribution < 1.29 is 28.7 Å². The van der Waals surface area contributed by atoms with Crippen LogP contribution in [0.5, 0.6) is 0 Å². The third kappa shape index (κ3) is 4.49. The first-order valence-electron chi connectivity index (χ1n) is 5.83. The van der Waals surface area contributed by atoms with Gasteiger partial charge in [0, 0.05) is 31.8 Å². The summed E-state index contributed by atoms with van der Waals surface area (Å²) in [6.07, 6.45) is 0.0348. The first kappa shape index (κ1) is 16.5. The summed E-state index contributed by atoms with van der Waals surface area (Å²) in [5, 5.41) is 21.6. The highest BCUT2D eigenvalue weighted by Crippen LogP contribution is 2.18. The van der Waals surface area contributed by atoms with Gasteiger partial charge < -0.3 is 15.2 Å². The minimum Gasteiger partial charge on any atom is -0.480 e. The number of carbonyl (C=O) groups is 2. The van der Waals surface area contributed by atoms with E-state index in [1.807, 2.05) is 0 Å². The maximum absolute atomic E-state index is 13.4. The molecule has 8 nitrogen and oxygen atoms in total. The van der Waals surface area contributed by atoms with Gasteiger partial charge in [-0.2, -0.15) is 4.39 Å². The number of methoxy groups -OCH3 is 1. The largest absolute Gasteiger partial charge is 0.480 e. The Labute approximate surface area is 118 Å². The molecule has 1 rings (SSSR count). The van der Waals surface area contributed by atoms with Crippen molar-refractivity contribution in [2.45, 2.75) is 12.5 Å². The smallest absolute Gasteiger partial charge is 0.326 e. The number of ether oxygens (including phenoxy) is 1. The molecule has 9 heteroatoms. The molecule has 1 aromatic carbocycles. The van der Waals surface area contributed by atoms with E-state index >= 15 is 0 Å². The summed E-state index contributed by atoms with van der Waals surface area (Å²) in [5.41, 5.74) is -0.970. The van der Waals surface area contributed by atoms with Crippen molar-refractivity contribution in [1.82, 2.24) is 5.32 Å². The number of nitro benzene ring substituents is 1. The van der Waals surface area contributed by atoms with E-state index in [1.54, 1.807) is 0 Å². The normalized spacial score (nSPS) is 11.7. The molecule has 114 valence electrons. The van der Waals surface area contributed by atoms with Gasteiger partial charge in [-0.05, 0) is 12.1 Å². The fraction of sp³-hybridized carbons (Fsp3) is 0.333. The number of hydrogen-bond acceptors (Lipinski definition) is 5. The van der Waals surface area contributed by atoms with Crippen molar-refractivity contribution in [3.63, 3.8) is 0 Å². The molecule has 0 aromatic heterocycles. The number of carboxylic acid groups (broad SMARTS) is 1. The van der Waals surface area contributed by atoms with E-state index in [1.165, 1.54) is 7.11 Å². The molecule has 1 amide bonds. The molecule has 0 heterocycles. The van der Waals surface area contributed by atoms with Gasteiger partial charge in [0.15, 0.2) is 0 Å². The molecule has 0 aliphatic heterocycles. The van der Waals surface area contributed by atoms with Gasteiger partial charge >= 0.3 is 11.7 Å². The molecule has 21 heavy (non-hydrogen) atoms. The van der Waals surface area contributed by atoms with Crippen LogP contribution >= 0.6 is 0 Å². The molecule has 0 aliphatic rings. The number of nitro groups is 1. The summed E-state index contributed by atoms with van der Waals surface area (Å²) < 4.78 is 18.1. The zero-order valence-electron chi connectivity index (χ0n) is 11.0. The highest BCUT2D eigenvalue weighted by molar-refractivity contribution is 5.96. The summed E-state index contributed by atoms with van der Waals surface area (Å²) in [6, 6.07) is 1.37. The average Bonchev–Trinajstić information content (AvgIpc) is 2.42. The van der Waals surface area contributed by atoms with Crippen LogP contribution in [0.4, 0.5) is 10.1 Å². The summed E-state index contributed by atoms with van der Waals surface area (Å²) in [6.45, 7) is 0.117. The fourth-order valence-electron chi connectivity index (χ4n) is 1.53. The van der Waals surface area contributed by atoms with Crippen LogP contribution in [0, 0.1) is 15.9 Å². The monoisotopic (exact) mass is 300 g/mol. The lowest BCUT2D eigenvalue weighted by molar-refractivity contribution is -0.387. The number of hydrogen-bond donors (Lipinski definition) is 2. The van der Waals surface area contributed by atoms with Crippen LogP contribution in [0.25, 0.3) is 0 Å². The van der Waals surface area contributed by atoms with Crippen LogP contribution in [0.3, 0.4) is 0 Å². The zero-order valence-corrected chi connectivity index (χ0v) is 11.0. The molecule has 1 unspecified atom stereocenters. The Morgan fingerprint density at radius 3 is 2.67 bits per heavy atom. The van der Waals surface area contributed by atoms with E-state index in [-0.39, 0.29) is 18.6 Å². The highest BCUT2D eigenvalue weighted by Gasteiger charge is 2.22. The molecule has 2 N–H and O–H groups in total. The van der Waals surface area contributed by atoms with Gasteiger partial charge in [0.1, 0.15) is 6.04 Å². The van der Waals surface area contributed by atoms with Crippen molar-refractivity contribution in [2.24, 2.45) is 0 Å². The predicted octanol–water partition coefficient (Wildman–Crippen LogP) is 0.953. The zero-order chi connectivity index (χ0) is 16.0. The van der Waals surface area contributed by atoms with Gasteiger partial charge in [-0.3, -0.25) is 14.9 Å². The van der Waals surface area contributed by atoms with Crippen LogP contribution < -0.4 is 5.32 Å². The summed E-state index contributed by atoms with van der Waals surface area (Å²) in [7, 11) is 1.38. The van der Waals surface area contributed by atoms with E-state index < -0.39 is 34.3 Å². The second-order valence-electron chi connectivity index (χ2n) is 4.07. The number of carboxylic acids is 1. The van der Waals surface area contributed by atoms with Gasteiger partial charge in [0.05, 0.1) is 4.92 Å². The van der Waals surface area contributed by atoms with Crippen molar-refractivity contribution in [3.8, 4) is 0 Å². The maximum Gasteiger partial charge on any atom is 0.326 e. The maximum atomic E-state index is 13.4. The highest BCUT2D eigenvalue weighted by atomic mass is 19.1. The van der Waals surface area contributed by atoms with Crippen LogP contribution in [0.15, 0.2) is 18.2 Å². The summed E-state index contributed by atoms with van der Waals surface area (Å²) >= 11 is 0. The van der Waals surface area contributed by atoms with Crippen molar-refractivity contribution in [1.29, 1.82) is 0 Å². The average molecular weight is 300 g/mol. The molecule has 0 saturated heterocycles. The van der Waals surface area contributed by atoms with Gasteiger partial charge in [-0.15, -0.1) is 0 Å². The Balaban J connectivity index is 2.85. The van der Waals surface area contributed by atoms with Crippen LogP contribution in [0.1, 0.15) is 16.8 Å². The minimum absolute atomic E-state index is 0.0348. The van der Waals surface area contributed by atoms with E-state index in [0.29, 0.717) is 6.07 Å². The van der Waals surface area contributed by atoms with Gasteiger partial charge in [-0.25, -0.2) is 4.79 Å². The topological polar surface area (TPSA) is 119 Å². The molecular formula is C12H13FN2O6. The molecule has 0 fully saturated rings. The SMILES string of the molecule is COCCC(NC(=O)c1ccc([N+](=O)[O-])c(F)c1)C(=O)O. The number of nitrogens with one attached hydrogen (secondary N) is 1. The number of nitrogens with zero attached hydrogens (tertiary/aromatic N) is 1. The predicted molar refractivity (Wildman–Crippen MR) is 68.4 cm³/mol. The molecule has 1 atom stereocenters. The van der Waals surface area contributed by atoms with Crippen LogP contribution in [-0.4, -0.2) is 41.7 Å². The second-order valence-corrected chi connectivity index (χ2v) is 4.07. The molecule has 0 saturated carbocycles. The third-order valence-electron chi connectivity index (χ3n) is 2.62. The van der Waals surface area contributed by atoms with Crippen LogP contribution in [-0.2, 0) is 9.53 Å². The number of carbonyl (C=O) groups excluding carboxylic acids is 1. The number of benzene rings is 1. The Morgan fingerprint density at radius 1 is 1.52 bits per heavy atom. The third-order valence-corrected chi connectivity index (χ3v) is 2.62. The van der Waals surface area contributed by atoms with Gasteiger partial charge in [0.25, 0.3) is 5.91 Å². The van der Waals surface area contributed by atoms with Crippen molar-refractivity contribution >= 4 is 17.6 Å². The van der Waals surface area contributed by atoms with E-state index in [4.69, 9.17) is 9.84 Å². The summed E-state index contributed by atoms with van der Waals surface area (Å²) in [4.78, 5) is 32.3. The number of halogens is 1. The van der Waals surface area contributed by atoms with Gasteiger partial charge in [0.2, 0.25) is 5.82 Å². The number of rotatable bonds is 7. The molecule has 0 radical (unpaired) electrons. The van der Waals surface area contributed by atoms with Crippen molar-refractivity contribution in [3.05, 3.63) is 39.7 Å². The first-order chi connectivity index (χ1) is 9.86. The quantitative estimate of drug-likeness (QED) is 0.571. The Kier molecular flexibility index (Phi) is 5.73. The number of aliphatic carboxylic acids is 1. The van der Waals surface area contributed by atoms with E-state index in [9.17, 15) is 24.1 Å². The Bertz CT molecular complexity index is 563. The molecular weight excluding hydrogens is 287 g/mol. The standard InChI is InChI=1S/C12H13FN2O6/c1-21-5-4-9(12(17)18)14-11(16)7-2-3-10(15(19)20)8(13)6-7/h2-3,6,9H,4-5H2,1H3,(H,14,16)(H,17,18). The number of amides is 1. The fourth-order valence-corrected chi connectivity index (χ4v) is 1.53. The molecule has 1 aromatic rings. The van der Waals surface area contributed by atoms with E-state index in [2.05, 4.69) is 5.32 Å². The molecule has 0 spiro atoms. The first-order valence-corrected chi connectivity index (χ1v) is 5.83. The Hall–Kier alpha value is -2.55. The Morgan fingerprint density at radius 2 is 2.19 bits per heavy atom. The lowest BCUT2D eigenvalue weighted by Crippen LogP contribution is -2.41. The minimum atomic E-state index is -1.26. The molecule has 0 aliphatic carbocycles. The van der Waals surface area contributed by atoms with E-state index in [0.717, 1.165) is 12.1 Å². The lowest BCUT2D eigenvalue weighted by Gasteiger charge is -2.14. The van der Waals surface area contributed by atoms with Crippen molar-refractivity contribution in [2.75, 3.05) is 13.7 Å².